The van der Waals surface area contributed by atoms with Gasteiger partial charge in [0.25, 0.3) is 0 Å². The monoisotopic (exact) mass is 195 g/mol. The lowest BCUT2D eigenvalue weighted by atomic mass is 9.88. The molecule has 0 aliphatic heterocycles. The minimum Gasteiger partial charge on any atom is -0.397 e. The Labute approximate surface area is 83.7 Å². The van der Waals surface area contributed by atoms with E-state index in [1.807, 2.05) is 19.1 Å². The number of aliphatic hydroxyl groups excluding tert-OH is 1. The van der Waals surface area contributed by atoms with Gasteiger partial charge in [0, 0.05) is 12.1 Å². The van der Waals surface area contributed by atoms with E-state index in [2.05, 4.69) is 0 Å². The second-order valence-corrected chi connectivity index (χ2v) is 3.70. The number of hydrogen-bond acceptors (Lipinski definition) is 4. The molecule has 7 N–H and O–H groups in total. The van der Waals surface area contributed by atoms with Gasteiger partial charge in [0.15, 0.2) is 0 Å². The Morgan fingerprint density at radius 2 is 2.00 bits per heavy atom. The number of rotatable bonds is 3. The van der Waals surface area contributed by atoms with Gasteiger partial charge in [-0.15, -0.1) is 0 Å². The van der Waals surface area contributed by atoms with Gasteiger partial charge in [-0.25, -0.2) is 0 Å². The second-order valence-electron chi connectivity index (χ2n) is 3.70. The van der Waals surface area contributed by atoms with E-state index in [4.69, 9.17) is 22.3 Å². The minimum atomic E-state index is -0.631. The molecule has 0 radical (unpaired) electrons. The molecular weight excluding hydrogens is 178 g/mol. The highest BCUT2D eigenvalue weighted by atomic mass is 16.3. The lowest BCUT2D eigenvalue weighted by Gasteiger charge is -2.26. The summed E-state index contributed by atoms with van der Waals surface area (Å²) in [6.07, 6.45) is 0.459. The highest BCUT2D eigenvalue weighted by Gasteiger charge is 2.23. The Hall–Kier alpha value is -1.26. The van der Waals surface area contributed by atoms with Crippen LogP contribution in [0.1, 0.15) is 18.9 Å². The Morgan fingerprint density at radius 3 is 2.57 bits per heavy atom. The number of benzene rings is 1. The molecule has 0 heterocycles. The lowest BCUT2D eigenvalue weighted by molar-refractivity contribution is 0.247. The van der Waals surface area contributed by atoms with E-state index in [1.165, 1.54) is 0 Å². The van der Waals surface area contributed by atoms with Crippen LogP contribution in [0, 0.1) is 0 Å². The van der Waals surface area contributed by atoms with Crippen molar-refractivity contribution in [3.05, 3.63) is 23.8 Å². The zero-order chi connectivity index (χ0) is 10.8. The van der Waals surface area contributed by atoms with Gasteiger partial charge in [-0.05, 0) is 25.0 Å². The molecule has 1 rings (SSSR count). The van der Waals surface area contributed by atoms with Gasteiger partial charge in [0.1, 0.15) is 0 Å². The molecule has 0 amide bonds. The molecule has 0 fully saturated rings. The van der Waals surface area contributed by atoms with Crippen molar-refractivity contribution in [3.8, 4) is 0 Å². The molecule has 0 unspecified atom stereocenters. The van der Waals surface area contributed by atoms with E-state index in [9.17, 15) is 0 Å². The highest BCUT2D eigenvalue weighted by molar-refractivity contribution is 5.68. The Balaban J connectivity index is 3.12. The van der Waals surface area contributed by atoms with Gasteiger partial charge >= 0.3 is 0 Å². The van der Waals surface area contributed by atoms with Crippen LogP contribution in [0.25, 0.3) is 0 Å². The first-order valence-electron chi connectivity index (χ1n) is 4.53. The van der Waals surface area contributed by atoms with Crippen molar-refractivity contribution in [1.82, 2.24) is 0 Å². The standard InChI is InChI=1S/C10H17N3O/c1-10(13,5-6-14)7-3-2-4-8(11)9(7)12/h2-4,14H,5-6,11-13H2,1H3/t10-/m0/s1. The Morgan fingerprint density at radius 1 is 1.36 bits per heavy atom. The summed E-state index contributed by atoms with van der Waals surface area (Å²) < 4.78 is 0. The third-order valence-electron chi connectivity index (χ3n) is 2.39. The van der Waals surface area contributed by atoms with Crippen molar-refractivity contribution in [3.63, 3.8) is 0 Å². The number of para-hydroxylation sites is 1. The van der Waals surface area contributed by atoms with Crippen molar-refractivity contribution >= 4 is 11.4 Å². The molecular formula is C10H17N3O. The number of hydrogen-bond donors (Lipinski definition) is 4. The topological polar surface area (TPSA) is 98.3 Å². The maximum absolute atomic E-state index is 8.87. The highest BCUT2D eigenvalue weighted by Crippen LogP contribution is 2.30. The summed E-state index contributed by atoms with van der Waals surface area (Å²) >= 11 is 0. The Kier molecular flexibility index (Phi) is 2.98. The van der Waals surface area contributed by atoms with Crippen LogP contribution in [0.3, 0.4) is 0 Å². The number of nitrogen functional groups attached to an aromatic ring is 2. The smallest absolute Gasteiger partial charge is 0.0598 e. The van der Waals surface area contributed by atoms with Crippen LogP contribution in [-0.2, 0) is 5.54 Å². The molecule has 1 aromatic rings. The molecule has 0 spiro atoms. The molecule has 0 aliphatic rings. The number of anilines is 2. The van der Waals surface area contributed by atoms with Crippen molar-refractivity contribution in [1.29, 1.82) is 0 Å². The van der Waals surface area contributed by atoms with E-state index in [-0.39, 0.29) is 6.61 Å². The van der Waals surface area contributed by atoms with Crippen LogP contribution in [0.15, 0.2) is 18.2 Å². The van der Waals surface area contributed by atoms with E-state index >= 15 is 0 Å². The quantitative estimate of drug-likeness (QED) is 0.525. The third-order valence-corrected chi connectivity index (χ3v) is 2.39. The molecule has 14 heavy (non-hydrogen) atoms. The van der Waals surface area contributed by atoms with Crippen molar-refractivity contribution in [2.24, 2.45) is 5.73 Å². The predicted octanol–water partition coefficient (Wildman–Crippen LogP) is 0.407. The van der Waals surface area contributed by atoms with Crippen LogP contribution in [0.5, 0.6) is 0 Å². The molecule has 1 aromatic carbocycles. The molecule has 0 saturated carbocycles. The van der Waals surface area contributed by atoms with Crippen LogP contribution < -0.4 is 17.2 Å². The molecule has 4 nitrogen and oxygen atoms in total. The molecule has 1 atom stereocenters. The Bertz CT molecular complexity index is 323. The fourth-order valence-electron chi connectivity index (χ4n) is 1.45. The second kappa shape index (κ2) is 3.86. The van der Waals surface area contributed by atoms with Crippen LogP contribution in [0.4, 0.5) is 11.4 Å². The number of nitrogens with two attached hydrogens (primary N) is 3. The SMILES string of the molecule is C[C@](N)(CCO)c1cccc(N)c1N. The van der Waals surface area contributed by atoms with E-state index in [1.54, 1.807) is 6.07 Å². The zero-order valence-corrected chi connectivity index (χ0v) is 8.33. The van der Waals surface area contributed by atoms with Crippen LogP contribution in [0.2, 0.25) is 0 Å². The zero-order valence-electron chi connectivity index (χ0n) is 8.33. The van der Waals surface area contributed by atoms with Gasteiger partial charge in [-0.1, -0.05) is 12.1 Å². The summed E-state index contributed by atoms with van der Waals surface area (Å²) in [5.74, 6) is 0. The first kappa shape index (κ1) is 10.8. The van der Waals surface area contributed by atoms with Crippen molar-refractivity contribution in [2.75, 3.05) is 18.1 Å². The average molecular weight is 195 g/mol. The van der Waals surface area contributed by atoms with Crippen LogP contribution in [-0.4, -0.2) is 11.7 Å². The molecule has 78 valence electrons. The fraction of sp³-hybridized carbons (Fsp3) is 0.400. The molecule has 0 saturated heterocycles. The van der Waals surface area contributed by atoms with E-state index in [0.29, 0.717) is 17.8 Å². The minimum absolute atomic E-state index is 0.0290. The normalized spacial score (nSPS) is 15.1. The van der Waals surface area contributed by atoms with Crippen molar-refractivity contribution < 1.29 is 5.11 Å². The molecule has 4 heteroatoms. The van der Waals surface area contributed by atoms with E-state index < -0.39 is 5.54 Å². The summed E-state index contributed by atoms with van der Waals surface area (Å²) in [7, 11) is 0. The van der Waals surface area contributed by atoms with Crippen molar-refractivity contribution in [2.45, 2.75) is 18.9 Å². The summed E-state index contributed by atoms with van der Waals surface area (Å²) in [5.41, 5.74) is 18.7. The molecule has 0 aliphatic carbocycles. The maximum atomic E-state index is 8.87. The number of aliphatic hydroxyl groups is 1. The summed E-state index contributed by atoms with van der Waals surface area (Å²) in [4.78, 5) is 0. The maximum Gasteiger partial charge on any atom is 0.0598 e. The van der Waals surface area contributed by atoms with Crippen LogP contribution >= 0.6 is 0 Å². The summed E-state index contributed by atoms with van der Waals surface area (Å²) in [6, 6.07) is 5.37. The van der Waals surface area contributed by atoms with Gasteiger partial charge in [0.2, 0.25) is 0 Å². The largest absolute Gasteiger partial charge is 0.397 e. The van der Waals surface area contributed by atoms with Gasteiger partial charge < -0.3 is 22.3 Å². The first-order valence-corrected chi connectivity index (χ1v) is 4.53. The summed E-state index contributed by atoms with van der Waals surface area (Å²) in [5, 5.41) is 8.87. The molecule has 0 bridgehead atoms. The fourth-order valence-corrected chi connectivity index (χ4v) is 1.45. The third kappa shape index (κ3) is 1.97. The lowest BCUT2D eigenvalue weighted by Crippen LogP contribution is -2.35. The average Bonchev–Trinajstić information content (AvgIpc) is 2.09. The van der Waals surface area contributed by atoms with Gasteiger partial charge in [-0.3, -0.25) is 0 Å². The molecule has 0 aromatic heterocycles. The first-order chi connectivity index (χ1) is 6.49. The predicted molar refractivity (Wildman–Crippen MR) is 58.5 cm³/mol. The van der Waals surface area contributed by atoms with E-state index in [0.717, 1.165) is 5.56 Å². The summed E-state index contributed by atoms with van der Waals surface area (Å²) in [6.45, 7) is 1.86. The van der Waals surface area contributed by atoms with Gasteiger partial charge in [0.05, 0.1) is 11.4 Å². The van der Waals surface area contributed by atoms with Gasteiger partial charge in [-0.2, -0.15) is 0 Å².